The van der Waals surface area contributed by atoms with Crippen LogP contribution in [-0.4, -0.2) is 57.6 Å². The zero-order valence-electron chi connectivity index (χ0n) is 21.1. The summed E-state index contributed by atoms with van der Waals surface area (Å²) in [6.07, 6.45) is 1.17. The van der Waals surface area contributed by atoms with E-state index in [2.05, 4.69) is 5.32 Å². The highest BCUT2D eigenvalue weighted by Gasteiger charge is 2.47. The molecule has 3 amide bonds. The minimum absolute atomic E-state index is 0.00847. The Labute approximate surface area is 210 Å². The van der Waals surface area contributed by atoms with Crippen LogP contribution in [0.5, 0.6) is 0 Å². The predicted molar refractivity (Wildman–Crippen MR) is 129 cm³/mol. The van der Waals surface area contributed by atoms with Gasteiger partial charge in [0.1, 0.15) is 23.5 Å². The second-order valence-corrected chi connectivity index (χ2v) is 10.9. The average Bonchev–Trinajstić information content (AvgIpc) is 3.51. The quantitative estimate of drug-likeness (QED) is 0.623. The normalized spacial score (nSPS) is 27.2. The van der Waals surface area contributed by atoms with Gasteiger partial charge < -0.3 is 15.1 Å². The average molecular weight is 497 g/mol. The Morgan fingerprint density at radius 1 is 1.28 bits per heavy atom. The van der Waals surface area contributed by atoms with E-state index >= 15 is 0 Å². The molecule has 3 aliphatic heterocycles. The summed E-state index contributed by atoms with van der Waals surface area (Å²) < 4.78 is 14.4. The van der Waals surface area contributed by atoms with E-state index in [1.54, 1.807) is 4.90 Å². The molecule has 3 heterocycles. The number of nitrogens with one attached hydrogen (secondary N) is 1. The topological polar surface area (TPSA) is 111 Å². The first kappa shape index (κ1) is 25.8. The highest BCUT2D eigenvalue weighted by molar-refractivity contribution is 5.94. The van der Waals surface area contributed by atoms with Gasteiger partial charge in [-0.15, -0.1) is 0 Å². The van der Waals surface area contributed by atoms with Crippen LogP contribution in [0.15, 0.2) is 18.2 Å². The fourth-order valence-corrected chi connectivity index (χ4v) is 5.46. The summed E-state index contributed by atoms with van der Waals surface area (Å²) in [6.45, 7) is 5.84. The van der Waals surface area contributed by atoms with Crippen molar-refractivity contribution in [2.24, 2.45) is 11.8 Å². The molecule has 0 saturated carbocycles. The van der Waals surface area contributed by atoms with Crippen molar-refractivity contribution < 1.29 is 23.6 Å². The van der Waals surface area contributed by atoms with Gasteiger partial charge >= 0.3 is 0 Å². The van der Waals surface area contributed by atoms with Crippen LogP contribution in [0.3, 0.4) is 0 Å². The van der Waals surface area contributed by atoms with Gasteiger partial charge in [0.2, 0.25) is 17.7 Å². The van der Waals surface area contributed by atoms with Crippen LogP contribution in [0, 0.1) is 23.2 Å². The lowest BCUT2D eigenvalue weighted by Gasteiger charge is -2.23. The van der Waals surface area contributed by atoms with Crippen molar-refractivity contribution in [3.05, 3.63) is 34.9 Å². The van der Waals surface area contributed by atoms with Crippen molar-refractivity contribution in [1.29, 1.82) is 5.26 Å². The summed E-state index contributed by atoms with van der Waals surface area (Å²) in [5, 5.41) is 12.0. The van der Waals surface area contributed by atoms with Crippen LogP contribution in [-0.2, 0) is 38.7 Å². The molecule has 192 valence electrons. The van der Waals surface area contributed by atoms with Crippen LogP contribution in [0.25, 0.3) is 0 Å². The number of aryl methyl sites for hydroxylation is 1. The van der Waals surface area contributed by atoms with Crippen molar-refractivity contribution in [3.8, 4) is 6.07 Å². The Morgan fingerprint density at radius 3 is 2.72 bits per heavy atom. The van der Waals surface area contributed by atoms with Crippen molar-refractivity contribution in [2.75, 3.05) is 6.54 Å². The molecule has 0 aliphatic carbocycles. The second kappa shape index (κ2) is 10.00. The number of likely N-dealkylation sites (tertiary alicyclic amines) is 1. The number of alkyl halides is 1. The molecule has 2 saturated heterocycles. The molecule has 3 aliphatic rings. The molecule has 4 rings (SSSR count). The van der Waals surface area contributed by atoms with Crippen LogP contribution < -0.4 is 5.32 Å². The number of rotatable bonds is 7. The van der Waals surface area contributed by atoms with E-state index < -0.39 is 29.6 Å². The van der Waals surface area contributed by atoms with Crippen molar-refractivity contribution >= 4 is 23.5 Å². The maximum Gasteiger partial charge on any atom is 0.246 e. The van der Waals surface area contributed by atoms with Crippen molar-refractivity contribution in [3.63, 3.8) is 0 Å². The summed E-state index contributed by atoms with van der Waals surface area (Å²) in [4.78, 5) is 53.6. The molecule has 0 spiro atoms. The molecule has 9 heteroatoms. The van der Waals surface area contributed by atoms with Crippen LogP contribution in [0.1, 0.15) is 63.1 Å². The Balaban J connectivity index is 1.35. The fraction of sp³-hybridized carbons (Fsp3) is 0.593. The highest BCUT2D eigenvalue weighted by Crippen LogP contribution is 2.33. The monoisotopic (exact) mass is 496 g/mol. The van der Waals surface area contributed by atoms with Gasteiger partial charge in [0.25, 0.3) is 0 Å². The molecular formula is C27H33FN4O4. The van der Waals surface area contributed by atoms with Gasteiger partial charge in [-0.2, -0.15) is 5.26 Å². The molecule has 0 bridgehead atoms. The molecule has 1 aromatic rings. The van der Waals surface area contributed by atoms with E-state index in [1.165, 1.54) is 11.8 Å². The summed E-state index contributed by atoms with van der Waals surface area (Å²) in [5.41, 5.74) is 1.54. The number of hydrogen-bond donors (Lipinski definition) is 1. The number of ketones is 1. The lowest BCUT2D eigenvalue weighted by atomic mass is 9.96. The standard InChI is InChI=1S/C27H33FN4O4/c1-16(2)23(33)8-7-17-5-4-6-18-13-31(14-21(17)18)24(34)10-19-9-22(30-25(19)35)26(36)32-15-27(3,28)11-20(32)12-29/h4-6,16,19-20,22H,7-11,13-15H2,1-3H3,(H,30,35)/t19-,20-,22-,27?/m0/s1. The lowest BCUT2D eigenvalue weighted by Crippen LogP contribution is -2.46. The van der Waals surface area contributed by atoms with Crippen molar-refractivity contribution in [2.45, 2.75) is 83.7 Å². The molecule has 8 nitrogen and oxygen atoms in total. The number of benzene rings is 1. The number of nitriles is 1. The largest absolute Gasteiger partial charge is 0.344 e. The van der Waals surface area contributed by atoms with E-state index in [4.69, 9.17) is 0 Å². The number of nitrogens with zero attached hydrogens (tertiary/aromatic N) is 3. The molecule has 0 radical (unpaired) electrons. The lowest BCUT2D eigenvalue weighted by molar-refractivity contribution is -0.135. The van der Waals surface area contributed by atoms with Gasteiger partial charge in [0, 0.05) is 44.2 Å². The van der Waals surface area contributed by atoms with Gasteiger partial charge in [-0.3, -0.25) is 19.2 Å². The maximum atomic E-state index is 14.4. The minimum Gasteiger partial charge on any atom is -0.344 e. The zero-order valence-corrected chi connectivity index (χ0v) is 21.1. The summed E-state index contributed by atoms with van der Waals surface area (Å²) in [6, 6.07) is 6.17. The SMILES string of the molecule is CC(C)C(=O)CCc1cccc2c1CN(C(=O)C[C@@H]1C[C@@H](C(=O)N3CC(C)(F)C[C@H]3C#N)NC1=O)C2. The number of Topliss-reactive ketones (excluding diaryl/α,β-unsaturated/α-hetero) is 1. The summed E-state index contributed by atoms with van der Waals surface area (Å²) in [5.74, 6) is -1.47. The van der Waals surface area contributed by atoms with Gasteiger partial charge in [-0.1, -0.05) is 32.0 Å². The molecule has 2 fully saturated rings. The highest BCUT2D eigenvalue weighted by atomic mass is 19.1. The van der Waals surface area contributed by atoms with Crippen molar-refractivity contribution in [1.82, 2.24) is 15.1 Å². The first-order valence-electron chi connectivity index (χ1n) is 12.6. The number of fused-ring (bicyclic) bond motifs is 1. The Bertz CT molecular complexity index is 1130. The number of amides is 3. The Kier molecular flexibility index (Phi) is 7.17. The third-order valence-electron chi connectivity index (χ3n) is 7.57. The Hall–Kier alpha value is -3.28. The zero-order chi connectivity index (χ0) is 26.2. The second-order valence-electron chi connectivity index (χ2n) is 10.9. The van der Waals surface area contributed by atoms with E-state index in [0.717, 1.165) is 16.7 Å². The molecule has 1 unspecified atom stereocenters. The van der Waals surface area contributed by atoms with E-state index in [1.807, 2.05) is 38.1 Å². The van der Waals surface area contributed by atoms with E-state index in [0.29, 0.717) is 25.9 Å². The van der Waals surface area contributed by atoms with Gasteiger partial charge in [-0.05, 0) is 36.5 Å². The van der Waals surface area contributed by atoms with Gasteiger partial charge in [0.05, 0.1) is 12.6 Å². The van der Waals surface area contributed by atoms with Crippen LogP contribution >= 0.6 is 0 Å². The number of halogens is 1. The van der Waals surface area contributed by atoms with Crippen LogP contribution in [0.4, 0.5) is 4.39 Å². The summed E-state index contributed by atoms with van der Waals surface area (Å²) >= 11 is 0. The predicted octanol–water partition coefficient (Wildman–Crippen LogP) is 2.43. The molecular weight excluding hydrogens is 463 g/mol. The third-order valence-corrected chi connectivity index (χ3v) is 7.57. The minimum atomic E-state index is -1.64. The first-order chi connectivity index (χ1) is 17.0. The molecule has 1 aromatic carbocycles. The molecule has 0 aromatic heterocycles. The van der Waals surface area contributed by atoms with Gasteiger partial charge in [-0.25, -0.2) is 4.39 Å². The molecule has 4 atom stereocenters. The molecule has 36 heavy (non-hydrogen) atoms. The Morgan fingerprint density at radius 2 is 2.03 bits per heavy atom. The van der Waals surface area contributed by atoms with E-state index in [-0.39, 0.29) is 49.3 Å². The molecule has 1 N–H and O–H groups in total. The number of carbonyl (C=O) groups excluding carboxylic acids is 4. The van der Waals surface area contributed by atoms with Gasteiger partial charge in [0.15, 0.2) is 0 Å². The first-order valence-corrected chi connectivity index (χ1v) is 12.6. The maximum absolute atomic E-state index is 14.4. The summed E-state index contributed by atoms with van der Waals surface area (Å²) in [7, 11) is 0. The number of carbonyl (C=O) groups is 4. The number of hydrogen-bond acceptors (Lipinski definition) is 5. The fourth-order valence-electron chi connectivity index (χ4n) is 5.46. The third kappa shape index (κ3) is 5.28. The van der Waals surface area contributed by atoms with E-state index in [9.17, 15) is 28.8 Å². The smallest absolute Gasteiger partial charge is 0.246 e. The van der Waals surface area contributed by atoms with Crippen LogP contribution in [0.2, 0.25) is 0 Å².